The number of carbonyl (C=O) groups is 1. The van der Waals surface area contributed by atoms with E-state index in [2.05, 4.69) is 6.58 Å². The Hall–Kier alpha value is -3.74. The molecule has 0 spiro atoms. The third kappa shape index (κ3) is 6.39. The van der Waals surface area contributed by atoms with E-state index in [-0.39, 0.29) is 17.2 Å². The van der Waals surface area contributed by atoms with Crippen LogP contribution in [0.3, 0.4) is 0 Å². The lowest BCUT2D eigenvalue weighted by Gasteiger charge is -2.28. The predicted molar refractivity (Wildman–Crippen MR) is 140 cm³/mol. The molecule has 7 heteroatoms. The Labute approximate surface area is 221 Å². The zero-order valence-corrected chi connectivity index (χ0v) is 21.4. The van der Waals surface area contributed by atoms with Gasteiger partial charge in [-0.1, -0.05) is 30.3 Å². The van der Waals surface area contributed by atoms with Gasteiger partial charge in [0.25, 0.3) is 0 Å². The number of halogens is 3. The molecule has 0 radical (unpaired) electrons. The first kappa shape index (κ1) is 27.3. The van der Waals surface area contributed by atoms with Crippen LogP contribution in [0.2, 0.25) is 0 Å². The highest BCUT2D eigenvalue weighted by molar-refractivity contribution is 5.90. The fourth-order valence-electron chi connectivity index (χ4n) is 4.70. The first-order valence-electron chi connectivity index (χ1n) is 12.9. The van der Waals surface area contributed by atoms with Crippen molar-refractivity contribution in [3.63, 3.8) is 0 Å². The Morgan fingerprint density at radius 3 is 2.34 bits per heavy atom. The maximum Gasteiger partial charge on any atom is 0.341 e. The minimum absolute atomic E-state index is 0.0481. The smallest absolute Gasteiger partial charge is 0.341 e. The average Bonchev–Trinajstić information content (AvgIpc) is 2.92. The van der Waals surface area contributed by atoms with Crippen LogP contribution in [0.4, 0.5) is 13.2 Å². The van der Waals surface area contributed by atoms with Gasteiger partial charge in [-0.15, -0.1) is 6.58 Å². The summed E-state index contributed by atoms with van der Waals surface area (Å²) in [4.78, 5) is 12.7. The SMILES string of the molecule is C=CCCOc1ccc(C2CCC(OC(=O)c3ccc(-c4ccc(OCC)cc4)c(F)c3F)CC2)cc1F. The highest BCUT2D eigenvalue weighted by atomic mass is 19.2. The molecule has 0 saturated heterocycles. The molecule has 1 aliphatic rings. The van der Waals surface area contributed by atoms with Gasteiger partial charge in [0, 0.05) is 5.56 Å². The molecule has 1 aliphatic carbocycles. The quantitative estimate of drug-likeness (QED) is 0.153. The second-order valence-corrected chi connectivity index (χ2v) is 9.24. The van der Waals surface area contributed by atoms with E-state index >= 15 is 0 Å². The van der Waals surface area contributed by atoms with Gasteiger partial charge in [-0.3, -0.25) is 0 Å². The van der Waals surface area contributed by atoms with E-state index in [1.165, 1.54) is 18.2 Å². The summed E-state index contributed by atoms with van der Waals surface area (Å²) in [5.41, 5.74) is 0.942. The number of ether oxygens (including phenoxy) is 3. The molecule has 0 N–H and O–H groups in total. The lowest BCUT2D eigenvalue weighted by atomic mass is 9.82. The van der Waals surface area contributed by atoms with Gasteiger partial charge in [0.15, 0.2) is 23.2 Å². The summed E-state index contributed by atoms with van der Waals surface area (Å²) < 4.78 is 60.5. The van der Waals surface area contributed by atoms with Crippen LogP contribution in [-0.2, 0) is 4.74 Å². The number of benzene rings is 3. The van der Waals surface area contributed by atoms with Gasteiger partial charge in [-0.05, 0) is 86.4 Å². The summed E-state index contributed by atoms with van der Waals surface area (Å²) in [7, 11) is 0. The Balaban J connectivity index is 1.35. The summed E-state index contributed by atoms with van der Waals surface area (Å²) in [5, 5.41) is 0. The molecule has 0 amide bonds. The topological polar surface area (TPSA) is 44.8 Å². The first-order valence-corrected chi connectivity index (χ1v) is 12.9. The maximum absolute atomic E-state index is 14.9. The number of hydrogen-bond acceptors (Lipinski definition) is 4. The molecule has 0 heterocycles. The lowest BCUT2D eigenvalue weighted by Crippen LogP contribution is -2.24. The van der Waals surface area contributed by atoms with Crippen molar-refractivity contribution >= 4 is 5.97 Å². The third-order valence-electron chi connectivity index (χ3n) is 6.73. The fraction of sp³-hybridized carbons (Fsp3) is 0.323. The maximum atomic E-state index is 14.9. The second-order valence-electron chi connectivity index (χ2n) is 9.24. The molecule has 0 aromatic heterocycles. The average molecular weight is 525 g/mol. The second kappa shape index (κ2) is 12.7. The predicted octanol–water partition coefficient (Wildman–Crippen LogP) is 8.01. The number of carbonyl (C=O) groups excluding carboxylic acids is 1. The van der Waals surface area contributed by atoms with Crippen LogP contribution in [0.5, 0.6) is 11.5 Å². The molecule has 0 unspecified atom stereocenters. The van der Waals surface area contributed by atoms with Crippen molar-refractivity contribution in [3.05, 3.63) is 95.8 Å². The van der Waals surface area contributed by atoms with E-state index in [9.17, 15) is 18.0 Å². The first-order chi connectivity index (χ1) is 18.4. The Morgan fingerprint density at radius 2 is 1.68 bits per heavy atom. The highest BCUT2D eigenvalue weighted by Gasteiger charge is 2.28. The molecule has 4 rings (SSSR count). The van der Waals surface area contributed by atoms with Gasteiger partial charge < -0.3 is 14.2 Å². The van der Waals surface area contributed by atoms with E-state index in [0.717, 1.165) is 5.56 Å². The van der Waals surface area contributed by atoms with Crippen LogP contribution in [-0.4, -0.2) is 25.3 Å². The van der Waals surface area contributed by atoms with Crippen LogP contribution < -0.4 is 9.47 Å². The molecular formula is C31H31F3O4. The number of rotatable bonds is 10. The Morgan fingerprint density at radius 1 is 0.947 bits per heavy atom. The normalized spacial score (nSPS) is 17.1. The van der Waals surface area contributed by atoms with Crippen LogP contribution in [0, 0.1) is 17.5 Å². The minimum atomic E-state index is -1.24. The van der Waals surface area contributed by atoms with Gasteiger partial charge in [0.2, 0.25) is 0 Å². The molecule has 38 heavy (non-hydrogen) atoms. The van der Waals surface area contributed by atoms with Crippen molar-refractivity contribution in [3.8, 4) is 22.6 Å². The largest absolute Gasteiger partial charge is 0.494 e. The van der Waals surface area contributed by atoms with Crippen molar-refractivity contribution in [2.75, 3.05) is 13.2 Å². The molecule has 0 bridgehead atoms. The summed E-state index contributed by atoms with van der Waals surface area (Å²) in [6.07, 6.45) is 4.38. The van der Waals surface area contributed by atoms with Crippen molar-refractivity contribution in [1.29, 1.82) is 0 Å². The molecule has 0 aliphatic heterocycles. The summed E-state index contributed by atoms with van der Waals surface area (Å²) in [5.74, 6) is -2.69. The third-order valence-corrected chi connectivity index (χ3v) is 6.73. The van der Waals surface area contributed by atoms with Gasteiger partial charge in [-0.2, -0.15) is 0 Å². The Bertz CT molecular complexity index is 1260. The van der Waals surface area contributed by atoms with Gasteiger partial charge in [0.1, 0.15) is 11.9 Å². The van der Waals surface area contributed by atoms with E-state index in [1.807, 2.05) is 13.0 Å². The Kier molecular flexibility index (Phi) is 9.10. The van der Waals surface area contributed by atoms with Gasteiger partial charge >= 0.3 is 5.97 Å². The van der Waals surface area contributed by atoms with Crippen molar-refractivity contribution in [1.82, 2.24) is 0 Å². The van der Waals surface area contributed by atoms with Gasteiger partial charge in [-0.25, -0.2) is 18.0 Å². The summed E-state index contributed by atoms with van der Waals surface area (Å²) >= 11 is 0. The number of esters is 1. The summed E-state index contributed by atoms with van der Waals surface area (Å²) in [6.45, 7) is 6.34. The molecule has 4 nitrogen and oxygen atoms in total. The van der Waals surface area contributed by atoms with Crippen molar-refractivity contribution in [2.45, 2.75) is 51.0 Å². The van der Waals surface area contributed by atoms with E-state index < -0.39 is 35.1 Å². The number of hydrogen-bond donors (Lipinski definition) is 0. The van der Waals surface area contributed by atoms with E-state index in [1.54, 1.807) is 36.4 Å². The molecule has 1 fully saturated rings. The van der Waals surface area contributed by atoms with Crippen LogP contribution in [0.1, 0.15) is 60.9 Å². The van der Waals surface area contributed by atoms with Crippen LogP contribution in [0.15, 0.2) is 67.3 Å². The monoisotopic (exact) mass is 524 g/mol. The highest BCUT2D eigenvalue weighted by Crippen LogP contribution is 2.36. The zero-order valence-electron chi connectivity index (χ0n) is 21.4. The summed E-state index contributed by atoms with van der Waals surface area (Å²) in [6, 6.07) is 14.2. The lowest BCUT2D eigenvalue weighted by molar-refractivity contribution is 0.0189. The molecule has 200 valence electrons. The molecule has 3 aromatic carbocycles. The molecular weight excluding hydrogens is 493 g/mol. The molecule has 3 aromatic rings. The zero-order chi connectivity index (χ0) is 27.1. The van der Waals surface area contributed by atoms with E-state index in [4.69, 9.17) is 14.2 Å². The fourth-order valence-corrected chi connectivity index (χ4v) is 4.70. The van der Waals surface area contributed by atoms with Crippen LogP contribution >= 0.6 is 0 Å². The minimum Gasteiger partial charge on any atom is -0.494 e. The standard InChI is InChI=1S/C31H31F3O4/c1-3-5-18-37-28-17-10-22(19-27(28)32)20-6-13-24(14-7-20)38-31(35)26-16-15-25(29(33)30(26)34)21-8-11-23(12-9-21)36-4-2/h3,8-12,15-17,19-20,24H,1,4-7,13-14,18H2,2H3. The van der Waals surface area contributed by atoms with Gasteiger partial charge in [0.05, 0.1) is 18.8 Å². The van der Waals surface area contributed by atoms with Crippen molar-refractivity contribution < 1.29 is 32.2 Å². The molecule has 1 saturated carbocycles. The van der Waals surface area contributed by atoms with Crippen molar-refractivity contribution in [2.24, 2.45) is 0 Å². The van der Waals surface area contributed by atoms with Crippen LogP contribution in [0.25, 0.3) is 11.1 Å². The van der Waals surface area contributed by atoms with E-state index in [0.29, 0.717) is 56.6 Å². The molecule has 0 atom stereocenters.